The van der Waals surface area contributed by atoms with Gasteiger partial charge in [-0.25, -0.2) is 0 Å². The summed E-state index contributed by atoms with van der Waals surface area (Å²) < 4.78 is 44.8. The highest BCUT2D eigenvalue weighted by molar-refractivity contribution is 5.84. The van der Waals surface area contributed by atoms with Crippen LogP contribution in [0, 0.1) is 5.41 Å². The fourth-order valence-corrected chi connectivity index (χ4v) is 2.50. The Morgan fingerprint density at radius 3 is 2.86 bits per heavy atom. The zero-order valence-electron chi connectivity index (χ0n) is 11.8. The lowest BCUT2D eigenvalue weighted by atomic mass is 9.85. The first kappa shape index (κ1) is 15.9. The Morgan fingerprint density at radius 1 is 1.57 bits per heavy atom. The number of carbonyl (C=O) groups excluding carboxylic acids is 1. The van der Waals surface area contributed by atoms with Crippen molar-refractivity contribution in [2.75, 3.05) is 13.1 Å². The first-order chi connectivity index (χ1) is 9.85. The Morgan fingerprint density at radius 2 is 2.33 bits per heavy atom. The smallest absolute Gasteiger partial charge is 0.404 e. The lowest BCUT2D eigenvalue weighted by Gasteiger charge is -2.30. The van der Waals surface area contributed by atoms with Crippen LogP contribution in [-0.4, -0.2) is 31.2 Å². The Kier molecular flexibility index (Phi) is 4.61. The van der Waals surface area contributed by atoms with Crippen LogP contribution in [-0.2, 0) is 11.2 Å². The summed E-state index contributed by atoms with van der Waals surface area (Å²) in [6, 6.07) is 3.20. The second kappa shape index (κ2) is 6.09. The van der Waals surface area contributed by atoms with Crippen molar-refractivity contribution >= 4 is 5.91 Å². The summed E-state index contributed by atoms with van der Waals surface area (Å²) >= 11 is 0. The van der Waals surface area contributed by atoms with Crippen LogP contribution in [0.1, 0.15) is 25.5 Å². The largest absolute Gasteiger partial charge is 0.469 e. The highest BCUT2D eigenvalue weighted by Gasteiger charge is 2.61. The van der Waals surface area contributed by atoms with Gasteiger partial charge < -0.3 is 15.1 Å². The second-order valence-corrected chi connectivity index (χ2v) is 5.50. The maximum atomic E-state index is 13.2. The predicted octanol–water partition coefficient (Wildman–Crippen LogP) is 2.26. The zero-order chi connectivity index (χ0) is 15.5. The van der Waals surface area contributed by atoms with E-state index in [0.717, 1.165) is 5.76 Å². The minimum atomic E-state index is -4.54. The molecule has 0 radical (unpaired) electrons. The number of alkyl halides is 3. The number of rotatable bonds is 5. The summed E-state index contributed by atoms with van der Waals surface area (Å²) in [5, 5.41) is 5.12. The van der Waals surface area contributed by atoms with Gasteiger partial charge in [-0.05, 0) is 38.4 Å². The predicted molar refractivity (Wildman–Crippen MR) is 70.6 cm³/mol. The third-order valence-electron chi connectivity index (χ3n) is 3.91. The molecular formula is C14H19F3N2O2. The van der Waals surface area contributed by atoms with E-state index >= 15 is 0 Å². The van der Waals surface area contributed by atoms with Gasteiger partial charge in [0.1, 0.15) is 5.76 Å². The van der Waals surface area contributed by atoms with Crippen LogP contribution in [0.5, 0.6) is 0 Å². The van der Waals surface area contributed by atoms with Gasteiger partial charge in [0.2, 0.25) is 5.91 Å². The molecule has 0 aliphatic carbocycles. The van der Waals surface area contributed by atoms with E-state index in [1.165, 1.54) is 0 Å². The Bertz CT molecular complexity index is 465. The number of nitrogens with one attached hydrogen (secondary N) is 2. The van der Waals surface area contributed by atoms with E-state index in [2.05, 4.69) is 10.6 Å². The molecule has 118 valence electrons. The average Bonchev–Trinajstić information content (AvgIpc) is 3.07. The van der Waals surface area contributed by atoms with Gasteiger partial charge in [-0.2, -0.15) is 13.2 Å². The molecule has 1 aliphatic rings. The Hall–Kier alpha value is -1.50. The van der Waals surface area contributed by atoms with Crippen LogP contribution in [0.3, 0.4) is 0 Å². The number of halogens is 3. The van der Waals surface area contributed by atoms with Gasteiger partial charge in [-0.3, -0.25) is 4.79 Å². The van der Waals surface area contributed by atoms with Crippen molar-refractivity contribution in [3.8, 4) is 0 Å². The molecule has 1 fully saturated rings. The van der Waals surface area contributed by atoms with Crippen molar-refractivity contribution in [3.05, 3.63) is 24.2 Å². The second-order valence-electron chi connectivity index (χ2n) is 5.50. The molecule has 2 atom stereocenters. The molecule has 2 heterocycles. The maximum Gasteiger partial charge on any atom is 0.404 e. The molecular weight excluding hydrogens is 285 g/mol. The van der Waals surface area contributed by atoms with Crippen molar-refractivity contribution in [1.29, 1.82) is 0 Å². The molecule has 1 aromatic heterocycles. The lowest BCUT2D eigenvalue weighted by Crippen LogP contribution is -2.54. The molecule has 2 unspecified atom stereocenters. The normalized spacial score (nSPS) is 24.0. The third kappa shape index (κ3) is 3.40. The molecule has 0 spiro atoms. The molecule has 1 saturated heterocycles. The van der Waals surface area contributed by atoms with Crippen LogP contribution < -0.4 is 10.6 Å². The Balaban J connectivity index is 1.93. The van der Waals surface area contributed by atoms with E-state index in [1.807, 2.05) is 0 Å². The summed E-state index contributed by atoms with van der Waals surface area (Å²) in [6.45, 7) is 1.55. The van der Waals surface area contributed by atoms with E-state index < -0.39 is 17.5 Å². The minimum absolute atomic E-state index is 0.202. The van der Waals surface area contributed by atoms with Gasteiger partial charge in [0.25, 0.3) is 0 Å². The summed E-state index contributed by atoms with van der Waals surface area (Å²) in [7, 11) is 0. The first-order valence-electron chi connectivity index (χ1n) is 6.96. The van der Waals surface area contributed by atoms with Gasteiger partial charge in [-0.1, -0.05) is 0 Å². The van der Waals surface area contributed by atoms with Crippen LogP contribution in [0.15, 0.2) is 22.8 Å². The van der Waals surface area contributed by atoms with E-state index in [4.69, 9.17) is 4.42 Å². The fourth-order valence-electron chi connectivity index (χ4n) is 2.50. The van der Waals surface area contributed by atoms with Gasteiger partial charge in [0.05, 0.1) is 6.26 Å². The lowest BCUT2D eigenvalue weighted by molar-refractivity contribution is -0.216. The molecule has 0 bridgehead atoms. The van der Waals surface area contributed by atoms with Crippen molar-refractivity contribution < 1.29 is 22.4 Å². The van der Waals surface area contributed by atoms with Crippen LogP contribution in [0.25, 0.3) is 0 Å². The van der Waals surface area contributed by atoms with Crippen molar-refractivity contribution in [1.82, 2.24) is 10.6 Å². The average molecular weight is 304 g/mol. The summed E-state index contributed by atoms with van der Waals surface area (Å²) in [4.78, 5) is 12.1. The molecule has 21 heavy (non-hydrogen) atoms. The van der Waals surface area contributed by atoms with Gasteiger partial charge in [0, 0.05) is 19.0 Å². The number of aryl methyl sites for hydroxylation is 1. The van der Waals surface area contributed by atoms with E-state index in [9.17, 15) is 18.0 Å². The van der Waals surface area contributed by atoms with Crippen LogP contribution in [0.4, 0.5) is 13.2 Å². The van der Waals surface area contributed by atoms with Gasteiger partial charge in [0.15, 0.2) is 5.41 Å². The van der Waals surface area contributed by atoms with E-state index in [-0.39, 0.29) is 25.6 Å². The summed E-state index contributed by atoms with van der Waals surface area (Å²) in [5.41, 5.74) is -2.30. The maximum absolute atomic E-state index is 13.2. The number of hydrogen-bond donors (Lipinski definition) is 2. The van der Waals surface area contributed by atoms with Crippen LogP contribution in [0.2, 0.25) is 0 Å². The summed E-state index contributed by atoms with van der Waals surface area (Å²) in [6.07, 6.45) is -2.11. The number of carbonyl (C=O) groups is 1. The van der Waals surface area contributed by atoms with Gasteiger partial charge >= 0.3 is 6.18 Å². The number of hydrogen-bond acceptors (Lipinski definition) is 3. The number of amides is 1. The highest BCUT2D eigenvalue weighted by atomic mass is 19.4. The Labute approximate surface area is 121 Å². The SMILES string of the molecule is CC(CCc1ccco1)NC(=O)C1(C(F)(F)F)CCNC1. The summed E-state index contributed by atoms with van der Waals surface area (Å²) in [5.74, 6) is -0.184. The molecule has 1 aromatic rings. The highest BCUT2D eigenvalue weighted by Crippen LogP contribution is 2.43. The number of furan rings is 1. The van der Waals surface area contributed by atoms with E-state index in [0.29, 0.717) is 12.8 Å². The molecule has 0 saturated carbocycles. The quantitative estimate of drug-likeness (QED) is 0.877. The standard InChI is InChI=1S/C14H19F3N2O2/c1-10(4-5-11-3-2-8-21-11)19-12(20)13(14(15,16)17)6-7-18-9-13/h2-3,8,10,18H,4-7,9H2,1H3,(H,19,20). The fraction of sp³-hybridized carbons (Fsp3) is 0.643. The first-order valence-corrected chi connectivity index (χ1v) is 6.96. The molecule has 4 nitrogen and oxygen atoms in total. The minimum Gasteiger partial charge on any atom is -0.469 e. The monoisotopic (exact) mass is 304 g/mol. The van der Waals surface area contributed by atoms with Crippen molar-refractivity contribution in [3.63, 3.8) is 0 Å². The van der Waals surface area contributed by atoms with Gasteiger partial charge in [-0.15, -0.1) is 0 Å². The molecule has 2 rings (SSSR count). The molecule has 1 amide bonds. The molecule has 7 heteroatoms. The van der Waals surface area contributed by atoms with Crippen molar-refractivity contribution in [2.24, 2.45) is 5.41 Å². The third-order valence-corrected chi connectivity index (χ3v) is 3.91. The van der Waals surface area contributed by atoms with Crippen LogP contribution >= 0.6 is 0 Å². The molecule has 2 N–H and O–H groups in total. The topological polar surface area (TPSA) is 54.3 Å². The van der Waals surface area contributed by atoms with Crippen molar-refractivity contribution in [2.45, 2.75) is 38.4 Å². The molecule has 0 aromatic carbocycles. The molecule has 1 aliphatic heterocycles. The zero-order valence-corrected chi connectivity index (χ0v) is 11.8. The van der Waals surface area contributed by atoms with E-state index in [1.54, 1.807) is 25.3 Å².